The minimum absolute atomic E-state index is 0.158. The van der Waals surface area contributed by atoms with Crippen LogP contribution >= 0.6 is 0 Å². The number of anilines is 1. The SMILES string of the molecule is Fc1ccc(N2CC3(CNC3)C2)cc1. The second-order valence-electron chi connectivity index (χ2n) is 4.44. The number of rotatable bonds is 1. The van der Waals surface area contributed by atoms with Crippen LogP contribution in [0.25, 0.3) is 0 Å². The summed E-state index contributed by atoms with van der Waals surface area (Å²) in [5.41, 5.74) is 1.68. The van der Waals surface area contributed by atoms with Crippen molar-refractivity contribution in [3.05, 3.63) is 30.1 Å². The van der Waals surface area contributed by atoms with Crippen LogP contribution in [0.3, 0.4) is 0 Å². The molecule has 2 fully saturated rings. The summed E-state index contributed by atoms with van der Waals surface area (Å²) in [6, 6.07) is 6.77. The van der Waals surface area contributed by atoms with Crippen LogP contribution in [-0.2, 0) is 0 Å². The van der Waals surface area contributed by atoms with Crippen LogP contribution in [0, 0.1) is 11.2 Å². The molecule has 0 bridgehead atoms. The van der Waals surface area contributed by atoms with Gasteiger partial charge in [-0.2, -0.15) is 0 Å². The summed E-state index contributed by atoms with van der Waals surface area (Å²) in [6.07, 6.45) is 0. The van der Waals surface area contributed by atoms with Gasteiger partial charge in [-0.15, -0.1) is 0 Å². The van der Waals surface area contributed by atoms with Gasteiger partial charge in [-0.05, 0) is 24.3 Å². The summed E-state index contributed by atoms with van der Waals surface area (Å²) < 4.78 is 12.7. The van der Waals surface area contributed by atoms with Crippen LogP contribution < -0.4 is 10.2 Å². The van der Waals surface area contributed by atoms with Crippen molar-refractivity contribution in [2.75, 3.05) is 31.1 Å². The summed E-state index contributed by atoms with van der Waals surface area (Å²) >= 11 is 0. The fourth-order valence-electron chi connectivity index (χ4n) is 2.30. The number of hydrogen-bond donors (Lipinski definition) is 1. The Bertz CT molecular complexity index is 335. The van der Waals surface area contributed by atoms with E-state index < -0.39 is 0 Å². The van der Waals surface area contributed by atoms with Crippen molar-refractivity contribution in [1.82, 2.24) is 5.32 Å². The van der Waals surface area contributed by atoms with Crippen LogP contribution in [0.2, 0.25) is 0 Å². The zero-order valence-electron chi connectivity index (χ0n) is 7.96. The molecule has 2 aliphatic rings. The molecule has 0 atom stereocenters. The highest BCUT2D eigenvalue weighted by molar-refractivity contribution is 5.50. The van der Waals surface area contributed by atoms with Gasteiger partial charge in [0.1, 0.15) is 5.82 Å². The third-order valence-corrected chi connectivity index (χ3v) is 3.24. The lowest BCUT2D eigenvalue weighted by Gasteiger charge is -2.57. The molecule has 2 heterocycles. The van der Waals surface area contributed by atoms with E-state index in [2.05, 4.69) is 10.2 Å². The largest absolute Gasteiger partial charge is 0.370 e. The van der Waals surface area contributed by atoms with Gasteiger partial charge < -0.3 is 10.2 Å². The zero-order valence-corrected chi connectivity index (χ0v) is 7.96. The van der Waals surface area contributed by atoms with Crippen molar-refractivity contribution in [3.63, 3.8) is 0 Å². The quantitative estimate of drug-likeness (QED) is 0.720. The second kappa shape index (κ2) is 2.70. The van der Waals surface area contributed by atoms with E-state index in [9.17, 15) is 4.39 Å². The number of hydrogen-bond acceptors (Lipinski definition) is 2. The number of benzene rings is 1. The molecule has 1 spiro atoms. The predicted octanol–water partition coefficient (Wildman–Crippen LogP) is 1.24. The smallest absolute Gasteiger partial charge is 0.123 e. The molecule has 0 unspecified atom stereocenters. The zero-order chi connectivity index (χ0) is 9.60. The summed E-state index contributed by atoms with van der Waals surface area (Å²) in [6.45, 7) is 4.52. The lowest BCUT2D eigenvalue weighted by atomic mass is 9.74. The van der Waals surface area contributed by atoms with Gasteiger partial charge in [0.15, 0.2) is 0 Å². The van der Waals surface area contributed by atoms with Crippen LogP contribution in [0.1, 0.15) is 0 Å². The average molecular weight is 192 g/mol. The van der Waals surface area contributed by atoms with Gasteiger partial charge in [0.25, 0.3) is 0 Å². The van der Waals surface area contributed by atoms with Crippen LogP contribution in [0.4, 0.5) is 10.1 Å². The van der Waals surface area contributed by atoms with E-state index in [0.29, 0.717) is 5.41 Å². The molecule has 2 aliphatic heterocycles. The standard InChI is InChI=1S/C11H13FN2/c12-9-1-3-10(4-2-9)14-7-11(8-14)5-13-6-11/h1-4,13H,5-8H2. The molecule has 3 heteroatoms. The molecule has 1 aromatic rings. The third-order valence-electron chi connectivity index (χ3n) is 3.24. The fourth-order valence-corrected chi connectivity index (χ4v) is 2.30. The number of nitrogens with one attached hydrogen (secondary N) is 1. The molecule has 2 saturated heterocycles. The highest BCUT2D eigenvalue weighted by Gasteiger charge is 2.47. The Kier molecular flexibility index (Phi) is 1.59. The van der Waals surface area contributed by atoms with Gasteiger partial charge in [0.2, 0.25) is 0 Å². The van der Waals surface area contributed by atoms with E-state index in [1.807, 2.05) is 12.1 Å². The van der Waals surface area contributed by atoms with Crippen LogP contribution in [0.5, 0.6) is 0 Å². The van der Waals surface area contributed by atoms with Crippen molar-refractivity contribution in [1.29, 1.82) is 0 Å². The van der Waals surface area contributed by atoms with Crippen molar-refractivity contribution in [3.8, 4) is 0 Å². The van der Waals surface area contributed by atoms with Gasteiger partial charge in [-0.3, -0.25) is 0 Å². The molecule has 2 nitrogen and oxygen atoms in total. The highest BCUT2D eigenvalue weighted by Crippen LogP contribution is 2.37. The van der Waals surface area contributed by atoms with Crippen molar-refractivity contribution in [2.24, 2.45) is 5.41 Å². The van der Waals surface area contributed by atoms with Crippen molar-refractivity contribution >= 4 is 5.69 Å². The monoisotopic (exact) mass is 192 g/mol. The Morgan fingerprint density at radius 2 is 1.79 bits per heavy atom. The second-order valence-corrected chi connectivity index (χ2v) is 4.44. The number of nitrogens with zero attached hydrogens (tertiary/aromatic N) is 1. The first-order valence-corrected chi connectivity index (χ1v) is 4.99. The lowest BCUT2D eigenvalue weighted by Crippen LogP contribution is -2.71. The molecule has 3 rings (SSSR count). The van der Waals surface area contributed by atoms with Crippen molar-refractivity contribution < 1.29 is 4.39 Å². The molecule has 0 saturated carbocycles. The molecule has 1 N–H and O–H groups in total. The molecule has 0 aromatic heterocycles. The van der Waals surface area contributed by atoms with Gasteiger partial charge in [0.05, 0.1) is 0 Å². The van der Waals surface area contributed by atoms with E-state index >= 15 is 0 Å². The third kappa shape index (κ3) is 1.12. The Morgan fingerprint density at radius 1 is 1.14 bits per heavy atom. The summed E-state index contributed by atoms with van der Waals surface area (Å²) in [7, 11) is 0. The Morgan fingerprint density at radius 3 is 2.29 bits per heavy atom. The van der Waals surface area contributed by atoms with E-state index in [1.165, 1.54) is 12.1 Å². The first-order chi connectivity index (χ1) is 6.77. The predicted molar refractivity (Wildman–Crippen MR) is 53.9 cm³/mol. The van der Waals surface area contributed by atoms with Gasteiger partial charge in [0, 0.05) is 37.3 Å². The maximum Gasteiger partial charge on any atom is 0.123 e. The summed E-state index contributed by atoms with van der Waals surface area (Å²) in [4.78, 5) is 2.31. The van der Waals surface area contributed by atoms with E-state index in [1.54, 1.807) is 0 Å². The Labute approximate surface area is 82.7 Å². The highest BCUT2D eigenvalue weighted by atomic mass is 19.1. The van der Waals surface area contributed by atoms with E-state index in [-0.39, 0.29) is 5.82 Å². The Hall–Kier alpha value is -1.09. The molecule has 0 amide bonds. The molecule has 74 valence electrons. The van der Waals surface area contributed by atoms with Gasteiger partial charge in [-0.1, -0.05) is 0 Å². The van der Waals surface area contributed by atoms with Gasteiger partial charge >= 0.3 is 0 Å². The van der Waals surface area contributed by atoms with Crippen LogP contribution in [0.15, 0.2) is 24.3 Å². The lowest BCUT2D eigenvalue weighted by molar-refractivity contribution is 0.121. The van der Waals surface area contributed by atoms with E-state index in [4.69, 9.17) is 0 Å². The fraction of sp³-hybridized carbons (Fsp3) is 0.455. The molecular weight excluding hydrogens is 179 g/mol. The molecule has 0 radical (unpaired) electrons. The van der Waals surface area contributed by atoms with Crippen LogP contribution in [-0.4, -0.2) is 26.2 Å². The first kappa shape index (κ1) is 8.24. The Balaban J connectivity index is 1.70. The summed E-state index contributed by atoms with van der Waals surface area (Å²) in [5.74, 6) is -0.158. The number of halogens is 1. The maximum absolute atomic E-state index is 12.7. The molecule has 0 aliphatic carbocycles. The average Bonchev–Trinajstić information content (AvgIpc) is 2.03. The topological polar surface area (TPSA) is 15.3 Å². The summed E-state index contributed by atoms with van der Waals surface area (Å²) in [5, 5.41) is 3.30. The van der Waals surface area contributed by atoms with Crippen molar-refractivity contribution in [2.45, 2.75) is 0 Å². The van der Waals surface area contributed by atoms with E-state index in [0.717, 1.165) is 31.9 Å². The normalized spacial score (nSPS) is 23.1. The molecule has 14 heavy (non-hydrogen) atoms. The van der Waals surface area contributed by atoms with Gasteiger partial charge in [-0.25, -0.2) is 4.39 Å². The first-order valence-electron chi connectivity index (χ1n) is 4.99. The molecule has 1 aromatic carbocycles. The minimum atomic E-state index is -0.158. The minimum Gasteiger partial charge on any atom is -0.370 e. The maximum atomic E-state index is 12.7. The molecular formula is C11H13FN2.